The molecule has 1 aliphatic carbocycles. The lowest BCUT2D eigenvalue weighted by atomic mass is 9.95. The van der Waals surface area contributed by atoms with Gasteiger partial charge in [0.2, 0.25) is 5.60 Å². The summed E-state index contributed by atoms with van der Waals surface area (Å²) in [5, 5.41) is 7.21. The Labute approximate surface area is 119 Å². The van der Waals surface area contributed by atoms with Crippen LogP contribution in [0.25, 0.3) is 0 Å². The molecule has 0 aromatic heterocycles. The van der Waals surface area contributed by atoms with Gasteiger partial charge in [0.05, 0.1) is 5.71 Å². The molecule has 4 heteroatoms. The highest BCUT2D eigenvalue weighted by Crippen LogP contribution is 2.28. The van der Waals surface area contributed by atoms with Gasteiger partial charge < -0.3 is 10.2 Å². The molecule has 1 amide bonds. The quantitative estimate of drug-likeness (QED) is 0.919. The molecule has 1 aliphatic heterocycles. The number of nitrogens with zero attached hydrogens (tertiary/aromatic N) is 1. The Balaban J connectivity index is 1.65. The van der Waals surface area contributed by atoms with Crippen molar-refractivity contribution in [2.75, 3.05) is 0 Å². The number of hydrogen-bond donors (Lipinski definition) is 1. The number of hydrogen-bond acceptors (Lipinski definition) is 3. The molecular weight excluding hydrogens is 252 g/mol. The van der Waals surface area contributed by atoms with Crippen molar-refractivity contribution in [2.45, 2.75) is 50.7 Å². The van der Waals surface area contributed by atoms with Gasteiger partial charge in [0.25, 0.3) is 5.91 Å². The summed E-state index contributed by atoms with van der Waals surface area (Å²) < 4.78 is 0. The molecule has 106 valence electrons. The molecule has 0 radical (unpaired) electrons. The minimum atomic E-state index is -0.867. The first-order chi connectivity index (χ1) is 9.67. The van der Waals surface area contributed by atoms with E-state index in [1.165, 1.54) is 12.8 Å². The summed E-state index contributed by atoms with van der Waals surface area (Å²) in [6.45, 7) is 1.82. The number of carbonyl (C=O) groups is 1. The zero-order valence-electron chi connectivity index (χ0n) is 11.8. The van der Waals surface area contributed by atoms with Crippen molar-refractivity contribution in [3.05, 3.63) is 35.9 Å². The van der Waals surface area contributed by atoms with Crippen LogP contribution in [0.1, 0.15) is 44.6 Å². The van der Waals surface area contributed by atoms with Gasteiger partial charge in [0.1, 0.15) is 0 Å². The second-order valence-electron chi connectivity index (χ2n) is 5.86. The molecule has 1 fully saturated rings. The third-order valence-electron chi connectivity index (χ3n) is 4.14. The van der Waals surface area contributed by atoms with Gasteiger partial charge in [-0.15, -0.1) is 0 Å². The van der Waals surface area contributed by atoms with E-state index < -0.39 is 5.60 Å². The average Bonchev–Trinajstić information content (AvgIpc) is 3.10. The van der Waals surface area contributed by atoms with Gasteiger partial charge in [0.15, 0.2) is 0 Å². The zero-order chi connectivity index (χ0) is 14.0. The van der Waals surface area contributed by atoms with Gasteiger partial charge in [-0.3, -0.25) is 4.79 Å². The number of nitrogens with one attached hydrogen (secondary N) is 1. The third kappa shape index (κ3) is 2.55. The molecule has 1 heterocycles. The Bertz CT molecular complexity index is 521. The Morgan fingerprint density at radius 3 is 2.70 bits per heavy atom. The van der Waals surface area contributed by atoms with Crippen molar-refractivity contribution in [3.63, 3.8) is 0 Å². The van der Waals surface area contributed by atoms with E-state index in [0.717, 1.165) is 24.1 Å². The van der Waals surface area contributed by atoms with Crippen molar-refractivity contribution in [3.8, 4) is 0 Å². The molecule has 1 aromatic rings. The van der Waals surface area contributed by atoms with E-state index in [0.29, 0.717) is 12.5 Å². The van der Waals surface area contributed by atoms with Crippen LogP contribution in [-0.4, -0.2) is 23.3 Å². The van der Waals surface area contributed by atoms with E-state index in [2.05, 4.69) is 10.5 Å². The standard InChI is InChI=1S/C16H20N2O2/c1-16(15(19)17-13-9-5-6-10-13)11-14(18-20-16)12-7-3-2-4-8-12/h2-4,7-8,13H,5-6,9-11H2,1H3,(H,17,19). The number of amides is 1. The van der Waals surface area contributed by atoms with E-state index in [1.54, 1.807) is 0 Å². The minimum Gasteiger partial charge on any atom is -0.379 e. The zero-order valence-corrected chi connectivity index (χ0v) is 11.8. The molecular formula is C16H20N2O2. The normalized spacial score (nSPS) is 26.1. The lowest BCUT2D eigenvalue weighted by Crippen LogP contribution is -2.48. The molecule has 4 nitrogen and oxygen atoms in total. The molecule has 1 saturated carbocycles. The van der Waals surface area contributed by atoms with Gasteiger partial charge in [-0.25, -0.2) is 0 Å². The first-order valence-electron chi connectivity index (χ1n) is 7.29. The molecule has 20 heavy (non-hydrogen) atoms. The molecule has 0 saturated heterocycles. The summed E-state index contributed by atoms with van der Waals surface area (Å²) >= 11 is 0. The Morgan fingerprint density at radius 1 is 1.30 bits per heavy atom. The summed E-state index contributed by atoms with van der Waals surface area (Å²) in [6, 6.07) is 10.2. The first kappa shape index (κ1) is 13.2. The minimum absolute atomic E-state index is 0.0425. The summed E-state index contributed by atoms with van der Waals surface area (Å²) in [7, 11) is 0. The van der Waals surface area contributed by atoms with Gasteiger partial charge in [0, 0.05) is 12.5 Å². The molecule has 1 aromatic carbocycles. The highest BCUT2D eigenvalue weighted by Gasteiger charge is 2.43. The summed E-state index contributed by atoms with van der Waals surface area (Å²) in [4.78, 5) is 17.8. The Hall–Kier alpha value is -1.84. The fraction of sp³-hybridized carbons (Fsp3) is 0.500. The molecule has 1 unspecified atom stereocenters. The summed E-state index contributed by atoms with van der Waals surface area (Å²) in [5.41, 5.74) is 0.993. The predicted molar refractivity (Wildman–Crippen MR) is 77.5 cm³/mol. The van der Waals surface area contributed by atoms with Crippen LogP contribution in [0.2, 0.25) is 0 Å². The molecule has 1 N–H and O–H groups in total. The van der Waals surface area contributed by atoms with Crippen LogP contribution >= 0.6 is 0 Å². The highest BCUT2D eigenvalue weighted by molar-refractivity contribution is 6.05. The number of oxime groups is 1. The van der Waals surface area contributed by atoms with Crippen molar-refractivity contribution in [1.29, 1.82) is 0 Å². The maximum absolute atomic E-state index is 12.4. The van der Waals surface area contributed by atoms with Crippen LogP contribution < -0.4 is 5.32 Å². The lowest BCUT2D eigenvalue weighted by Gasteiger charge is -2.23. The fourth-order valence-electron chi connectivity index (χ4n) is 2.86. The monoisotopic (exact) mass is 272 g/mol. The second kappa shape index (κ2) is 5.27. The number of carbonyl (C=O) groups excluding carboxylic acids is 1. The van der Waals surface area contributed by atoms with Gasteiger partial charge >= 0.3 is 0 Å². The number of rotatable bonds is 3. The average molecular weight is 272 g/mol. The molecule has 3 rings (SSSR count). The molecule has 2 aliphatic rings. The largest absolute Gasteiger partial charge is 0.379 e. The van der Waals surface area contributed by atoms with E-state index >= 15 is 0 Å². The van der Waals surface area contributed by atoms with Crippen LogP contribution in [0.15, 0.2) is 35.5 Å². The van der Waals surface area contributed by atoms with E-state index in [4.69, 9.17) is 4.84 Å². The SMILES string of the molecule is CC1(C(=O)NC2CCCC2)CC(c2ccccc2)=NO1. The molecule has 1 atom stereocenters. The van der Waals surface area contributed by atoms with E-state index in [-0.39, 0.29) is 5.91 Å². The van der Waals surface area contributed by atoms with Crippen LogP contribution in [-0.2, 0) is 9.63 Å². The lowest BCUT2D eigenvalue weighted by molar-refractivity contribution is -0.142. The Kier molecular flexibility index (Phi) is 3.47. The topological polar surface area (TPSA) is 50.7 Å². The Morgan fingerprint density at radius 2 is 2.00 bits per heavy atom. The fourth-order valence-corrected chi connectivity index (χ4v) is 2.86. The third-order valence-corrected chi connectivity index (χ3v) is 4.14. The van der Waals surface area contributed by atoms with Gasteiger partial charge in [-0.2, -0.15) is 0 Å². The molecule has 0 bridgehead atoms. The predicted octanol–water partition coefficient (Wildman–Crippen LogP) is 2.63. The van der Waals surface area contributed by atoms with Gasteiger partial charge in [-0.05, 0) is 25.3 Å². The second-order valence-corrected chi connectivity index (χ2v) is 5.86. The summed E-state index contributed by atoms with van der Waals surface area (Å²) in [6.07, 6.45) is 5.08. The van der Waals surface area contributed by atoms with Crippen LogP contribution in [0.4, 0.5) is 0 Å². The smallest absolute Gasteiger partial charge is 0.267 e. The maximum atomic E-state index is 12.4. The van der Waals surface area contributed by atoms with Crippen LogP contribution in [0.3, 0.4) is 0 Å². The van der Waals surface area contributed by atoms with Gasteiger partial charge in [-0.1, -0.05) is 48.3 Å². The number of benzene rings is 1. The van der Waals surface area contributed by atoms with Crippen molar-refractivity contribution >= 4 is 11.6 Å². The van der Waals surface area contributed by atoms with E-state index in [9.17, 15) is 4.79 Å². The summed E-state index contributed by atoms with van der Waals surface area (Å²) in [5.74, 6) is -0.0425. The molecule has 0 spiro atoms. The van der Waals surface area contributed by atoms with Crippen molar-refractivity contribution in [1.82, 2.24) is 5.32 Å². The first-order valence-corrected chi connectivity index (χ1v) is 7.29. The van der Waals surface area contributed by atoms with Crippen LogP contribution in [0, 0.1) is 0 Å². The van der Waals surface area contributed by atoms with E-state index in [1.807, 2.05) is 37.3 Å². The van der Waals surface area contributed by atoms with Crippen LogP contribution in [0.5, 0.6) is 0 Å². The van der Waals surface area contributed by atoms with Crippen molar-refractivity contribution in [2.24, 2.45) is 5.16 Å². The highest BCUT2D eigenvalue weighted by atomic mass is 16.7. The maximum Gasteiger partial charge on any atom is 0.267 e. The van der Waals surface area contributed by atoms with Crippen molar-refractivity contribution < 1.29 is 9.63 Å².